The molecule has 0 radical (unpaired) electrons. The van der Waals surface area contributed by atoms with Crippen LogP contribution in [0.25, 0.3) is 0 Å². The maximum atomic E-state index is 12.9. The van der Waals surface area contributed by atoms with Gasteiger partial charge in [-0.25, -0.2) is 8.42 Å². The van der Waals surface area contributed by atoms with Crippen LogP contribution in [0.3, 0.4) is 0 Å². The van der Waals surface area contributed by atoms with Crippen molar-refractivity contribution in [3.63, 3.8) is 0 Å². The van der Waals surface area contributed by atoms with Gasteiger partial charge in [0.25, 0.3) is 15.9 Å². The lowest BCUT2D eigenvalue weighted by atomic mass is 10.1. The molecule has 0 bridgehead atoms. The molecule has 3 aromatic carbocycles. The van der Waals surface area contributed by atoms with Crippen LogP contribution >= 0.6 is 0 Å². The highest BCUT2D eigenvalue weighted by Gasteiger charge is 2.25. The average Bonchev–Trinajstić information content (AvgIpc) is 2.81. The van der Waals surface area contributed by atoms with E-state index in [1.807, 2.05) is 24.0 Å². The van der Waals surface area contributed by atoms with Crippen molar-refractivity contribution in [1.29, 1.82) is 0 Å². The molecule has 3 aromatic rings. The van der Waals surface area contributed by atoms with Crippen LogP contribution in [0.5, 0.6) is 0 Å². The normalized spacial score (nSPS) is 14.8. The predicted molar refractivity (Wildman–Crippen MR) is 130 cm³/mol. The van der Waals surface area contributed by atoms with Crippen molar-refractivity contribution in [2.24, 2.45) is 0 Å². The number of benzene rings is 3. The number of piperazine rings is 1. The van der Waals surface area contributed by atoms with Gasteiger partial charge in [0.05, 0.1) is 31.1 Å². The third-order valence-electron chi connectivity index (χ3n) is 6.07. The van der Waals surface area contributed by atoms with Crippen LogP contribution in [-0.2, 0) is 16.6 Å². The van der Waals surface area contributed by atoms with Gasteiger partial charge in [0, 0.05) is 16.8 Å². The maximum absolute atomic E-state index is 12.9. The molecule has 1 aliphatic heterocycles. The van der Waals surface area contributed by atoms with E-state index in [-0.39, 0.29) is 10.8 Å². The van der Waals surface area contributed by atoms with Gasteiger partial charge in [-0.3, -0.25) is 9.52 Å². The van der Waals surface area contributed by atoms with E-state index in [2.05, 4.69) is 29.0 Å². The van der Waals surface area contributed by atoms with Crippen molar-refractivity contribution in [3.8, 4) is 0 Å². The second-order valence-corrected chi connectivity index (χ2v) is 10.3. The van der Waals surface area contributed by atoms with Gasteiger partial charge >= 0.3 is 0 Å². The lowest BCUT2D eigenvalue weighted by molar-refractivity contribution is -0.917. The van der Waals surface area contributed by atoms with Crippen molar-refractivity contribution >= 4 is 21.6 Å². The Balaban J connectivity index is 1.36. The molecule has 2 N–H and O–H groups in total. The van der Waals surface area contributed by atoms with E-state index in [1.54, 1.807) is 43.3 Å². The zero-order valence-electron chi connectivity index (χ0n) is 19.0. The van der Waals surface area contributed by atoms with Crippen LogP contribution in [0.15, 0.2) is 77.7 Å². The van der Waals surface area contributed by atoms with Gasteiger partial charge in [0.2, 0.25) is 0 Å². The predicted octanol–water partition coefficient (Wildman–Crippen LogP) is 2.65. The van der Waals surface area contributed by atoms with Gasteiger partial charge in [-0.15, -0.1) is 0 Å². The molecule has 1 aliphatic rings. The fourth-order valence-electron chi connectivity index (χ4n) is 4.16. The highest BCUT2D eigenvalue weighted by atomic mass is 32.2. The lowest BCUT2D eigenvalue weighted by Gasteiger charge is -2.32. The molecule has 0 aliphatic carbocycles. The van der Waals surface area contributed by atoms with Crippen LogP contribution in [-0.4, -0.2) is 45.4 Å². The van der Waals surface area contributed by atoms with Gasteiger partial charge in [0.15, 0.2) is 0 Å². The first-order chi connectivity index (χ1) is 15.8. The minimum Gasteiger partial charge on any atom is -0.328 e. The fourth-order valence-corrected chi connectivity index (χ4v) is 5.55. The summed E-state index contributed by atoms with van der Waals surface area (Å²) in [7, 11) is -3.70. The molecule has 0 saturated carbocycles. The minimum atomic E-state index is -3.70. The van der Waals surface area contributed by atoms with Crippen molar-refractivity contribution in [2.75, 3.05) is 30.9 Å². The van der Waals surface area contributed by atoms with E-state index in [1.165, 1.54) is 10.5 Å². The standard InChI is InChI=1S/C26H29N3O3S/c1-20-8-9-21(2)25(18-20)33(31,32)27-24-12-10-23(11-13-24)26(30)29-16-14-28(15-17-29)19-22-6-4-3-5-7-22/h3-13,18,27H,14-17,19H2,1-2H3/p+1. The van der Waals surface area contributed by atoms with Crippen LogP contribution in [0.2, 0.25) is 0 Å². The van der Waals surface area contributed by atoms with Crippen LogP contribution in [0.1, 0.15) is 27.0 Å². The molecule has 172 valence electrons. The summed E-state index contributed by atoms with van der Waals surface area (Å²) in [5.41, 5.74) is 3.88. The second kappa shape index (κ2) is 9.77. The first-order valence-corrected chi connectivity index (χ1v) is 12.7. The molecular formula is C26H30N3O3S+. The van der Waals surface area contributed by atoms with Gasteiger partial charge in [-0.2, -0.15) is 0 Å². The van der Waals surface area contributed by atoms with Crippen LogP contribution in [0, 0.1) is 13.8 Å². The summed E-state index contributed by atoms with van der Waals surface area (Å²) in [5.74, 6) is -0.0160. The number of carbonyl (C=O) groups excluding carboxylic acids is 1. The Morgan fingerprint density at radius 3 is 2.27 bits per heavy atom. The average molecular weight is 465 g/mol. The summed E-state index contributed by atoms with van der Waals surface area (Å²) in [4.78, 5) is 16.6. The van der Waals surface area contributed by atoms with E-state index in [9.17, 15) is 13.2 Å². The molecule has 33 heavy (non-hydrogen) atoms. The summed E-state index contributed by atoms with van der Waals surface area (Å²) < 4.78 is 28.2. The molecule has 7 heteroatoms. The number of aryl methyl sites for hydroxylation is 2. The zero-order chi connectivity index (χ0) is 23.4. The van der Waals surface area contributed by atoms with E-state index in [4.69, 9.17) is 0 Å². The number of nitrogens with zero attached hydrogens (tertiary/aromatic N) is 1. The van der Waals surface area contributed by atoms with E-state index in [0.717, 1.165) is 25.2 Å². The molecule has 0 spiro atoms. The SMILES string of the molecule is Cc1ccc(C)c(S(=O)(=O)Nc2ccc(C(=O)N3CC[NH+](Cc4ccccc4)CC3)cc2)c1. The minimum absolute atomic E-state index is 0.0160. The van der Waals surface area contributed by atoms with Crippen LogP contribution < -0.4 is 9.62 Å². The smallest absolute Gasteiger partial charge is 0.262 e. The molecular weight excluding hydrogens is 434 g/mol. The summed E-state index contributed by atoms with van der Waals surface area (Å²) in [5, 5.41) is 0. The third-order valence-corrected chi connectivity index (χ3v) is 7.60. The Morgan fingerprint density at radius 2 is 1.61 bits per heavy atom. The number of nitrogens with one attached hydrogen (secondary N) is 2. The monoisotopic (exact) mass is 464 g/mol. The topological polar surface area (TPSA) is 70.9 Å². The van der Waals surface area contributed by atoms with Gasteiger partial charge in [-0.05, 0) is 55.3 Å². The van der Waals surface area contributed by atoms with E-state index >= 15 is 0 Å². The molecule has 0 unspecified atom stereocenters. The molecule has 1 heterocycles. The molecule has 0 atom stereocenters. The number of amides is 1. The van der Waals surface area contributed by atoms with Crippen molar-refractivity contribution in [1.82, 2.24) is 4.90 Å². The highest BCUT2D eigenvalue weighted by molar-refractivity contribution is 7.92. The summed E-state index contributed by atoms with van der Waals surface area (Å²) in [6.45, 7) is 7.85. The third kappa shape index (κ3) is 5.61. The Morgan fingerprint density at radius 1 is 0.939 bits per heavy atom. The number of hydrogen-bond acceptors (Lipinski definition) is 3. The summed E-state index contributed by atoms with van der Waals surface area (Å²) in [6, 6.07) is 22.4. The number of hydrogen-bond donors (Lipinski definition) is 2. The van der Waals surface area contributed by atoms with Gasteiger partial charge in [0.1, 0.15) is 6.54 Å². The lowest BCUT2D eigenvalue weighted by Crippen LogP contribution is -3.13. The van der Waals surface area contributed by atoms with Gasteiger partial charge in [-0.1, -0.05) is 42.5 Å². The largest absolute Gasteiger partial charge is 0.328 e. The number of sulfonamides is 1. The molecule has 0 aromatic heterocycles. The Kier molecular flexibility index (Phi) is 6.81. The van der Waals surface area contributed by atoms with Gasteiger partial charge < -0.3 is 9.80 Å². The molecule has 1 amide bonds. The number of anilines is 1. The molecule has 6 nitrogen and oxygen atoms in total. The van der Waals surface area contributed by atoms with Crippen molar-refractivity contribution < 1.29 is 18.1 Å². The second-order valence-electron chi connectivity index (χ2n) is 8.66. The van der Waals surface area contributed by atoms with Crippen molar-refractivity contribution in [3.05, 3.63) is 95.1 Å². The summed E-state index contributed by atoms with van der Waals surface area (Å²) >= 11 is 0. The quantitative estimate of drug-likeness (QED) is 0.589. The molecule has 4 rings (SSSR count). The Hall–Kier alpha value is -3.16. The fraction of sp³-hybridized carbons (Fsp3) is 0.269. The van der Waals surface area contributed by atoms with E-state index in [0.29, 0.717) is 29.9 Å². The Labute approximate surface area is 195 Å². The molecule has 1 saturated heterocycles. The first-order valence-electron chi connectivity index (χ1n) is 11.2. The zero-order valence-corrected chi connectivity index (χ0v) is 19.9. The Bertz CT molecular complexity index is 1220. The van der Waals surface area contributed by atoms with Crippen molar-refractivity contribution in [2.45, 2.75) is 25.3 Å². The maximum Gasteiger partial charge on any atom is 0.262 e. The molecule has 1 fully saturated rings. The summed E-state index contributed by atoms with van der Waals surface area (Å²) in [6.07, 6.45) is 0. The first kappa shape index (κ1) is 23.0. The highest BCUT2D eigenvalue weighted by Crippen LogP contribution is 2.21. The number of rotatable bonds is 6. The number of quaternary nitrogens is 1. The van der Waals surface area contributed by atoms with E-state index < -0.39 is 10.0 Å². The van der Waals surface area contributed by atoms with Crippen LogP contribution in [0.4, 0.5) is 5.69 Å². The number of carbonyl (C=O) groups is 1.